The fourth-order valence-electron chi connectivity index (χ4n) is 4.08. The second-order valence-corrected chi connectivity index (χ2v) is 7.08. The molecule has 0 aromatic heterocycles. The highest BCUT2D eigenvalue weighted by molar-refractivity contribution is 6.07. The summed E-state index contributed by atoms with van der Waals surface area (Å²) in [4.78, 5) is 12.3. The van der Waals surface area contributed by atoms with E-state index < -0.39 is 6.36 Å². The molecule has 2 aliphatic rings. The lowest BCUT2D eigenvalue weighted by Gasteiger charge is -2.29. The molecule has 2 atom stereocenters. The summed E-state index contributed by atoms with van der Waals surface area (Å²) >= 11 is 0. The largest absolute Gasteiger partial charge is 0.573 e. The predicted molar refractivity (Wildman–Crippen MR) is 99.7 cm³/mol. The standard InChI is InChI=1S/C21H19F3N2O3/c1-12(27)26-20(14-4-7-15(8-5-14)29-21(22,23)24)17-10-6-13-3-9-16(28-2)11-18(13)19(17)25-26/h3-5,7-9,11,17,20H,6,10H2,1-2H3/t17-,20-/m0/s1. The molecule has 1 aliphatic heterocycles. The molecule has 1 amide bonds. The van der Waals surface area contributed by atoms with Crippen molar-refractivity contribution in [3.63, 3.8) is 0 Å². The summed E-state index contributed by atoms with van der Waals surface area (Å²) in [6.45, 7) is 1.43. The summed E-state index contributed by atoms with van der Waals surface area (Å²) in [5.74, 6) is 0.136. The third kappa shape index (κ3) is 3.66. The quantitative estimate of drug-likeness (QED) is 0.759. The Morgan fingerprint density at radius 2 is 1.83 bits per heavy atom. The van der Waals surface area contributed by atoms with Crippen molar-refractivity contribution < 1.29 is 27.4 Å². The van der Waals surface area contributed by atoms with Crippen molar-refractivity contribution in [2.75, 3.05) is 7.11 Å². The number of hydrazone groups is 1. The normalized spacial score (nSPS) is 20.6. The number of fused-ring (bicyclic) bond motifs is 3. The van der Waals surface area contributed by atoms with E-state index in [0.717, 1.165) is 29.7 Å². The van der Waals surface area contributed by atoms with E-state index in [1.807, 2.05) is 18.2 Å². The molecule has 2 aromatic carbocycles. The molecule has 8 heteroatoms. The van der Waals surface area contributed by atoms with Gasteiger partial charge in [0.1, 0.15) is 11.5 Å². The first-order valence-corrected chi connectivity index (χ1v) is 9.18. The van der Waals surface area contributed by atoms with Gasteiger partial charge in [-0.1, -0.05) is 18.2 Å². The molecule has 0 radical (unpaired) electrons. The smallest absolute Gasteiger partial charge is 0.497 e. The Morgan fingerprint density at radius 1 is 1.14 bits per heavy atom. The second kappa shape index (κ2) is 7.09. The molecule has 5 nitrogen and oxygen atoms in total. The van der Waals surface area contributed by atoms with Crippen LogP contribution in [0.3, 0.4) is 0 Å². The Balaban J connectivity index is 1.69. The van der Waals surface area contributed by atoms with Gasteiger partial charge < -0.3 is 9.47 Å². The fraction of sp³-hybridized carbons (Fsp3) is 0.333. The summed E-state index contributed by atoms with van der Waals surface area (Å²) in [7, 11) is 1.59. The van der Waals surface area contributed by atoms with E-state index in [-0.39, 0.29) is 23.6 Å². The van der Waals surface area contributed by atoms with Gasteiger partial charge in [0.2, 0.25) is 5.91 Å². The van der Waals surface area contributed by atoms with Gasteiger partial charge in [0.15, 0.2) is 0 Å². The van der Waals surface area contributed by atoms with Crippen molar-refractivity contribution in [1.29, 1.82) is 0 Å². The molecule has 0 N–H and O–H groups in total. The molecule has 0 saturated carbocycles. The van der Waals surface area contributed by atoms with Crippen molar-refractivity contribution >= 4 is 11.6 Å². The maximum Gasteiger partial charge on any atom is 0.573 e. The van der Waals surface area contributed by atoms with Gasteiger partial charge in [0.25, 0.3) is 0 Å². The highest BCUT2D eigenvalue weighted by Gasteiger charge is 2.43. The first-order valence-electron chi connectivity index (χ1n) is 9.18. The molecule has 1 aliphatic carbocycles. The topological polar surface area (TPSA) is 51.1 Å². The van der Waals surface area contributed by atoms with E-state index in [1.54, 1.807) is 19.2 Å². The minimum Gasteiger partial charge on any atom is -0.497 e. The van der Waals surface area contributed by atoms with Crippen molar-refractivity contribution in [3.8, 4) is 11.5 Å². The van der Waals surface area contributed by atoms with Crippen LogP contribution in [0.5, 0.6) is 11.5 Å². The van der Waals surface area contributed by atoms with Crippen molar-refractivity contribution in [1.82, 2.24) is 5.01 Å². The van der Waals surface area contributed by atoms with Gasteiger partial charge in [-0.15, -0.1) is 13.2 Å². The number of alkyl halides is 3. The van der Waals surface area contributed by atoms with Crippen LogP contribution in [-0.2, 0) is 11.2 Å². The van der Waals surface area contributed by atoms with Crippen LogP contribution in [0.25, 0.3) is 0 Å². The van der Waals surface area contributed by atoms with Gasteiger partial charge in [0, 0.05) is 18.4 Å². The summed E-state index contributed by atoms with van der Waals surface area (Å²) in [5.41, 5.74) is 3.61. The Labute approximate surface area is 165 Å². The number of hydrogen-bond acceptors (Lipinski definition) is 4. The highest BCUT2D eigenvalue weighted by atomic mass is 19.4. The third-order valence-electron chi connectivity index (χ3n) is 5.31. The zero-order chi connectivity index (χ0) is 20.8. The minimum absolute atomic E-state index is 0.0482. The zero-order valence-corrected chi connectivity index (χ0v) is 15.9. The lowest BCUT2D eigenvalue weighted by molar-refractivity contribution is -0.274. The Morgan fingerprint density at radius 3 is 2.45 bits per heavy atom. The van der Waals surface area contributed by atoms with E-state index in [1.165, 1.54) is 24.1 Å². The Hall–Kier alpha value is -3.03. The molecule has 4 rings (SSSR count). The average molecular weight is 404 g/mol. The molecular weight excluding hydrogens is 385 g/mol. The molecule has 0 bridgehead atoms. The van der Waals surface area contributed by atoms with Crippen molar-refractivity contribution in [3.05, 3.63) is 59.2 Å². The van der Waals surface area contributed by atoms with Crippen LogP contribution in [-0.4, -0.2) is 30.1 Å². The van der Waals surface area contributed by atoms with Crippen LogP contribution >= 0.6 is 0 Å². The third-order valence-corrected chi connectivity index (χ3v) is 5.31. The number of nitrogens with zero attached hydrogens (tertiary/aromatic N) is 2. The lowest BCUT2D eigenvalue weighted by Crippen LogP contribution is -2.31. The Bertz CT molecular complexity index is 970. The van der Waals surface area contributed by atoms with E-state index in [9.17, 15) is 18.0 Å². The van der Waals surface area contributed by atoms with Gasteiger partial charge in [0.05, 0.1) is 18.9 Å². The number of aryl methyl sites for hydroxylation is 1. The summed E-state index contributed by atoms with van der Waals surface area (Å²) in [6, 6.07) is 11.1. The molecule has 1 heterocycles. The van der Waals surface area contributed by atoms with Crippen LogP contribution in [0, 0.1) is 5.92 Å². The van der Waals surface area contributed by atoms with E-state index in [0.29, 0.717) is 11.3 Å². The Kier molecular flexibility index (Phi) is 4.72. The number of methoxy groups -OCH3 is 1. The molecule has 152 valence electrons. The number of hydrogen-bond donors (Lipinski definition) is 0. The maximum absolute atomic E-state index is 12.4. The SMILES string of the molecule is COc1ccc2c(c1)C1=NN(C(C)=O)[C@@H](c3ccc(OC(F)(F)F)cc3)[C@H]1CC2. The fourth-order valence-corrected chi connectivity index (χ4v) is 4.08. The van der Waals surface area contributed by atoms with Crippen molar-refractivity contribution in [2.24, 2.45) is 11.0 Å². The number of rotatable bonds is 3. The summed E-state index contributed by atoms with van der Waals surface area (Å²) < 4.78 is 46.6. The number of amides is 1. The molecule has 0 saturated heterocycles. The van der Waals surface area contributed by atoms with E-state index in [2.05, 4.69) is 9.84 Å². The van der Waals surface area contributed by atoms with E-state index in [4.69, 9.17) is 4.74 Å². The van der Waals surface area contributed by atoms with Crippen LogP contribution < -0.4 is 9.47 Å². The molecule has 0 fully saturated rings. The number of carbonyl (C=O) groups excluding carboxylic acids is 1. The maximum atomic E-state index is 12.4. The average Bonchev–Trinajstić information content (AvgIpc) is 3.07. The molecule has 0 spiro atoms. The second-order valence-electron chi connectivity index (χ2n) is 7.08. The summed E-state index contributed by atoms with van der Waals surface area (Å²) in [5, 5.41) is 6.02. The lowest BCUT2D eigenvalue weighted by atomic mass is 9.77. The first kappa shape index (κ1) is 19.3. The number of carbonyl (C=O) groups is 1. The van der Waals surface area contributed by atoms with Crippen LogP contribution in [0.4, 0.5) is 13.2 Å². The molecule has 0 unspecified atom stereocenters. The number of ether oxygens (including phenoxy) is 2. The van der Waals surface area contributed by atoms with Crippen LogP contribution in [0.2, 0.25) is 0 Å². The molecular formula is C21H19F3N2O3. The van der Waals surface area contributed by atoms with Gasteiger partial charge >= 0.3 is 6.36 Å². The van der Waals surface area contributed by atoms with Gasteiger partial charge in [-0.2, -0.15) is 5.10 Å². The van der Waals surface area contributed by atoms with E-state index >= 15 is 0 Å². The molecule has 29 heavy (non-hydrogen) atoms. The van der Waals surface area contributed by atoms with Gasteiger partial charge in [-0.25, -0.2) is 5.01 Å². The number of benzene rings is 2. The van der Waals surface area contributed by atoms with Gasteiger partial charge in [-0.05, 0) is 48.2 Å². The van der Waals surface area contributed by atoms with Crippen molar-refractivity contribution in [2.45, 2.75) is 32.2 Å². The van der Waals surface area contributed by atoms with Crippen LogP contribution in [0.15, 0.2) is 47.6 Å². The molecule has 2 aromatic rings. The number of halogens is 3. The first-order chi connectivity index (χ1) is 13.8. The minimum atomic E-state index is -4.75. The van der Waals surface area contributed by atoms with Crippen LogP contribution in [0.1, 0.15) is 36.1 Å². The highest BCUT2D eigenvalue weighted by Crippen LogP contribution is 2.44. The van der Waals surface area contributed by atoms with Gasteiger partial charge in [-0.3, -0.25) is 4.79 Å². The summed E-state index contributed by atoms with van der Waals surface area (Å²) in [6.07, 6.45) is -3.14. The predicted octanol–water partition coefficient (Wildman–Crippen LogP) is 4.46. The zero-order valence-electron chi connectivity index (χ0n) is 15.9. The monoisotopic (exact) mass is 404 g/mol.